The number of hydrogen-bond donors (Lipinski definition) is 2. The summed E-state index contributed by atoms with van der Waals surface area (Å²) < 4.78 is 0. The summed E-state index contributed by atoms with van der Waals surface area (Å²) in [6, 6.07) is 17.9. The number of aryl methyl sites for hydroxylation is 3. The molecule has 1 unspecified atom stereocenters. The molecule has 0 spiro atoms. The molecule has 4 rings (SSSR count). The Hall–Kier alpha value is -3.40. The summed E-state index contributed by atoms with van der Waals surface area (Å²) in [7, 11) is 0. The van der Waals surface area contributed by atoms with Crippen LogP contribution in [0, 0.1) is 20.8 Å². The highest BCUT2D eigenvalue weighted by Gasteiger charge is 2.20. The van der Waals surface area contributed by atoms with Crippen LogP contribution >= 0.6 is 0 Å². The van der Waals surface area contributed by atoms with Gasteiger partial charge >= 0.3 is 0 Å². The van der Waals surface area contributed by atoms with E-state index in [4.69, 9.17) is 0 Å². The third kappa shape index (κ3) is 3.41. The van der Waals surface area contributed by atoms with E-state index in [1.165, 1.54) is 11.1 Å². The van der Waals surface area contributed by atoms with Crippen LogP contribution in [0.5, 0.6) is 5.75 Å². The number of benzene rings is 2. The number of aromatic nitrogens is 2. The molecule has 4 aromatic rings. The molecule has 0 saturated carbocycles. The fraction of sp³-hybridized carbons (Fsp3) is 0.167. The smallest absolute Gasteiger partial charge is 0.147 e. The van der Waals surface area contributed by atoms with Crippen LogP contribution < -0.4 is 5.32 Å². The molecular weight excluding hydrogens is 346 g/mol. The molecule has 1 atom stereocenters. The Bertz CT molecular complexity index is 1140. The van der Waals surface area contributed by atoms with Crippen LogP contribution in [0.2, 0.25) is 0 Å². The average Bonchev–Trinajstić information content (AvgIpc) is 2.71. The van der Waals surface area contributed by atoms with Crippen molar-refractivity contribution >= 4 is 16.6 Å². The SMILES string of the molecule is Cc1ccc2ccc(C(Nc3ccc(C)c(C)c3)c3cccnc3)c(O)c2n1. The summed E-state index contributed by atoms with van der Waals surface area (Å²) in [5, 5.41) is 15.6. The van der Waals surface area contributed by atoms with Crippen LogP contribution in [0.4, 0.5) is 5.69 Å². The average molecular weight is 369 g/mol. The second kappa shape index (κ2) is 7.31. The standard InChI is InChI=1S/C24H23N3O/c1-15-6-10-20(13-16(15)2)27-22(19-5-4-12-25-14-19)21-11-9-18-8-7-17(3)26-23(18)24(21)28/h4-14,22,27-28H,1-3H3. The second-order valence-corrected chi connectivity index (χ2v) is 7.19. The molecule has 2 heterocycles. The maximum absolute atomic E-state index is 11.1. The summed E-state index contributed by atoms with van der Waals surface area (Å²) in [6.45, 7) is 6.12. The van der Waals surface area contributed by atoms with Crippen molar-refractivity contribution in [3.05, 3.63) is 94.9 Å². The van der Waals surface area contributed by atoms with E-state index in [-0.39, 0.29) is 11.8 Å². The van der Waals surface area contributed by atoms with E-state index in [0.29, 0.717) is 5.52 Å². The van der Waals surface area contributed by atoms with Crippen molar-refractivity contribution in [3.63, 3.8) is 0 Å². The molecule has 2 aromatic carbocycles. The van der Waals surface area contributed by atoms with Gasteiger partial charge in [-0.15, -0.1) is 0 Å². The lowest BCUT2D eigenvalue weighted by atomic mass is 9.96. The Morgan fingerprint density at radius 3 is 2.50 bits per heavy atom. The fourth-order valence-electron chi connectivity index (χ4n) is 3.41. The lowest BCUT2D eigenvalue weighted by Gasteiger charge is -2.23. The number of phenols is 1. The Morgan fingerprint density at radius 1 is 0.929 bits per heavy atom. The molecule has 2 aromatic heterocycles. The van der Waals surface area contributed by atoms with Crippen molar-refractivity contribution in [3.8, 4) is 5.75 Å². The minimum Gasteiger partial charge on any atom is -0.505 e. The number of fused-ring (bicyclic) bond motifs is 1. The predicted molar refractivity (Wildman–Crippen MR) is 114 cm³/mol. The molecule has 140 valence electrons. The van der Waals surface area contributed by atoms with Crippen molar-refractivity contribution in [2.45, 2.75) is 26.8 Å². The fourth-order valence-corrected chi connectivity index (χ4v) is 3.41. The molecule has 0 radical (unpaired) electrons. The number of nitrogens with zero attached hydrogens (tertiary/aromatic N) is 2. The van der Waals surface area contributed by atoms with Crippen LogP contribution in [0.25, 0.3) is 10.9 Å². The zero-order chi connectivity index (χ0) is 19.7. The molecule has 0 amide bonds. The van der Waals surface area contributed by atoms with Crippen LogP contribution in [0.15, 0.2) is 67.0 Å². The van der Waals surface area contributed by atoms with Crippen LogP contribution in [-0.4, -0.2) is 15.1 Å². The van der Waals surface area contributed by atoms with Crippen molar-refractivity contribution in [2.75, 3.05) is 5.32 Å². The van der Waals surface area contributed by atoms with Crippen LogP contribution in [-0.2, 0) is 0 Å². The third-order valence-corrected chi connectivity index (χ3v) is 5.15. The third-order valence-electron chi connectivity index (χ3n) is 5.15. The normalized spacial score (nSPS) is 12.1. The number of pyridine rings is 2. The highest BCUT2D eigenvalue weighted by molar-refractivity contribution is 5.86. The summed E-state index contributed by atoms with van der Waals surface area (Å²) in [5.74, 6) is 0.200. The van der Waals surface area contributed by atoms with Gasteiger partial charge in [-0.25, -0.2) is 4.98 Å². The molecule has 0 aliphatic rings. The van der Waals surface area contributed by atoms with E-state index in [1.54, 1.807) is 6.20 Å². The first-order valence-corrected chi connectivity index (χ1v) is 9.36. The molecule has 0 aliphatic carbocycles. The van der Waals surface area contributed by atoms with Gasteiger partial charge in [0.25, 0.3) is 0 Å². The Kier molecular flexibility index (Phi) is 4.70. The summed E-state index contributed by atoms with van der Waals surface area (Å²) in [4.78, 5) is 8.82. The summed E-state index contributed by atoms with van der Waals surface area (Å²) >= 11 is 0. The second-order valence-electron chi connectivity index (χ2n) is 7.19. The lowest BCUT2D eigenvalue weighted by molar-refractivity contribution is 0.471. The summed E-state index contributed by atoms with van der Waals surface area (Å²) in [6.07, 6.45) is 3.58. The number of hydrogen-bond acceptors (Lipinski definition) is 4. The van der Waals surface area contributed by atoms with E-state index in [9.17, 15) is 5.11 Å². The molecule has 0 aliphatic heterocycles. The Labute approximate surface area is 164 Å². The molecule has 28 heavy (non-hydrogen) atoms. The van der Waals surface area contributed by atoms with Gasteiger partial charge in [-0.2, -0.15) is 0 Å². The highest BCUT2D eigenvalue weighted by Crippen LogP contribution is 2.36. The number of nitrogens with one attached hydrogen (secondary N) is 1. The predicted octanol–water partition coefficient (Wildman–Crippen LogP) is 5.46. The van der Waals surface area contributed by atoms with Crippen molar-refractivity contribution < 1.29 is 5.11 Å². The first-order valence-electron chi connectivity index (χ1n) is 9.36. The molecule has 4 heteroatoms. The number of phenolic OH excluding ortho intramolecular Hbond substituents is 1. The summed E-state index contributed by atoms with van der Waals surface area (Å²) in [5.41, 5.74) is 6.70. The highest BCUT2D eigenvalue weighted by atomic mass is 16.3. The molecule has 0 saturated heterocycles. The largest absolute Gasteiger partial charge is 0.505 e. The van der Waals surface area contributed by atoms with Gasteiger partial charge in [-0.3, -0.25) is 4.98 Å². The van der Waals surface area contributed by atoms with E-state index >= 15 is 0 Å². The Balaban J connectivity index is 1.85. The van der Waals surface area contributed by atoms with Gasteiger partial charge in [0.2, 0.25) is 0 Å². The van der Waals surface area contributed by atoms with Crippen LogP contribution in [0.1, 0.15) is 34.0 Å². The zero-order valence-electron chi connectivity index (χ0n) is 16.3. The maximum atomic E-state index is 11.1. The van der Waals surface area contributed by atoms with Gasteiger partial charge in [0, 0.05) is 34.7 Å². The van der Waals surface area contributed by atoms with Gasteiger partial charge in [0.15, 0.2) is 0 Å². The minimum atomic E-state index is -0.248. The lowest BCUT2D eigenvalue weighted by Crippen LogP contribution is -2.13. The van der Waals surface area contributed by atoms with E-state index in [2.05, 4.69) is 47.3 Å². The van der Waals surface area contributed by atoms with E-state index < -0.39 is 0 Å². The number of rotatable bonds is 4. The molecule has 0 bridgehead atoms. The number of aromatic hydroxyl groups is 1. The molecule has 2 N–H and O–H groups in total. The first-order chi connectivity index (χ1) is 13.5. The molecule has 0 fully saturated rings. The van der Waals surface area contributed by atoms with E-state index in [0.717, 1.165) is 27.9 Å². The van der Waals surface area contributed by atoms with Crippen molar-refractivity contribution in [1.82, 2.24) is 9.97 Å². The van der Waals surface area contributed by atoms with Crippen molar-refractivity contribution in [1.29, 1.82) is 0 Å². The van der Waals surface area contributed by atoms with Gasteiger partial charge in [-0.1, -0.05) is 30.3 Å². The topological polar surface area (TPSA) is 58.0 Å². The van der Waals surface area contributed by atoms with Gasteiger partial charge in [-0.05, 0) is 61.7 Å². The van der Waals surface area contributed by atoms with Crippen molar-refractivity contribution in [2.24, 2.45) is 0 Å². The van der Waals surface area contributed by atoms with E-state index in [1.807, 2.05) is 49.5 Å². The first kappa shape index (κ1) is 18.0. The zero-order valence-corrected chi connectivity index (χ0v) is 16.3. The molecular formula is C24H23N3O. The monoisotopic (exact) mass is 369 g/mol. The van der Waals surface area contributed by atoms with Gasteiger partial charge < -0.3 is 10.4 Å². The van der Waals surface area contributed by atoms with Crippen LogP contribution in [0.3, 0.4) is 0 Å². The maximum Gasteiger partial charge on any atom is 0.147 e. The Morgan fingerprint density at radius 2 is 1.75 bits per heavy atom. The minimum absolute atomic E-state index is 0.200. The number of anilines is 1. The van der Waals surface area contributed by atoms with Gasteiger partial charge in [0.1, 0.15) is 11.3 Å². The molecule has 4 nitrogen and oxygen atoms in total. The van der Waals surface area contributed by atoms with Gasteiger partial charge in [0.05, 0.1) is 6.04 Å². The quantitative estimate of drug-likeness (QED) is 0.501.